The van der Waals surface area contributed by atoms with Gasteiger partial charge in [0.15, 0.2) is 18.2 Å². The number of esters is 1. The number of amides is 2. The molecule has 68 heavy (non-hydrogen) atoms. The van der Waals surface area contributed by atoms with E-state index in [1.54, 1.807) is 0 Å². The van der Waals surface area contributed by atoms with Gasteiger partial charge in [0, 0.05) is 53.5 Å². The second-order valence-corrected chi connectivity index (χ2v) is 21.8. The molecule has 378 valence electrons. The number of nitrogens with one attached hydrogen (secondary N) is 2. The molecule has 0 aromatic heterocycles. The number of methoxy groups -OCH3 is 2. The zero-order valence-corrected chi connectivity index (χ0v) is 41.8. The number of hydrogen-bond acceptors (Lipinski definition) is 15. The average molecular weight is 953 g/mol. The van der Waals surface area contributed by atoms with Crippen molar-refractivity contribution < 1.29 is 62.5 Å². The Kier molecular flexibility index (Phi) is 14.6. The van der Waals surface area contributed by atoms with E-state index in [9.17, 15) is 24.6 Å². The molecule has 17 heteroatoms. The van der Waals surface area contributed by atoms with Crippen molar-refractivity contribution in [1.82, 2.24) is 10.6 Å². The maximum Gasteiger partial charge on any atom is 0.407 e. The first-order valence-corrected chi connectivity index (χ1v) is 24.3. The Labute approximate surface area is 400 Å². The summed E-state index contributed by atoms with van der Waals surface area (Å²) in [6.45, 7) is 19.1. The van der Waals surface area contributed by atoms with Crippen LogP contribution in [0.5, 0.6) is 0 Å². The van der Waals surface area contributed by atoms with Gasteiger partial charge in [-0.2, -0.15) is 0 Å². The van der Waals surface area contributed by atoms with Crippen LogP contribution >= 0.6 is 0 Å². The Hall–Kier alpha value is -4.10. The molecule has 19 atom stereocenters. The molecule has 0 radical (unpaired) electrons. The molecule has 4 fully saturated rings. The summed E-state index contributed by atoms with van der Waals surface area (Å²) in [7, 11) is 2.58. The third kappa shape index (κ3) is 9.21. The highest BCUT2D eigenvalue weighted by atomic mass is 16.7. The van der Waals surface area contributed by atoms with Crippen LogP contribution in [-0.2, 0) is 42.7 Å². The van der Waals surface area contributed by atoms with Crippen molar-refractivity contribution in [3.8, 4) is 0 Å². The van der Waals surface area contributed by atoms with Crippen LogP contribution in [-0.4, -0.2) is 121 Å². The molecule has 8 N–H and O–H groups in total. The van der Waals surface area contributed by atoms with E-state index in [0.717, 1.165) is 11.1 Å². The number of allylic oxidation sites excluding steroid dienone is 3. The van der Waals surface area contributed by atoms with Gasteiger partial charge in [-0.1, -0.05) is 63.6 Å². The Morgan fingerprint density at radius 3 is 1.94 bits per heavy atom. The number of rotatable bonds is 7. The van der Waals surface area contributed by atoms with Crippen LogP contribution in [0.4, 0.5) is 9.59 Å². The molecule has 2 amide bonds. The van der Waals surface area contributed by atoms with Crippen LogP contribution < -0.4 is 22.1 Å². The predicted octanol–water partition coefficient (Wildman–Crippen LogP) is 5.56. The smallest absolute Gasteiger partial charge is 0.407 e. The molecule has 0 unspecified atom stereocenters. The SMILES string of the molecule is COC(=O)N[C@H]1[C@H](C)O[C@@H](O[C@@H]2[C@H]3C=C[C@H]4C(C)=CC[C@H](O[C@H]5C[C@](C)(N)[C@@H](NC(=O)OC)[C@@H](C)O5)C(C)=C[C@@H]5C=C(CO)[C@H](C)C[C@]56OC(=O)C(=C(O)[C@@]4(C)[C@@H]3[C@@H](C)C[C@@H]2C)C6=O)C[C@]1(C)N. The zero-order valence-electron chi connectivity index (χ0n) is 41.8. The fraction of sp³-hybridized carbons (Fsp3) is 0.725. The molecule has 4 aliphatic carbocycles. The maximum absolute atomic E-state index is 15.4. The number of hydrogen-bond donors (Lipinski definition) is 6. The minimum atomic E-state index is -1.71. The summed E-state index contributed by atoms with van der Waals surface area (Å²) in [6.07, 6.45) is 6.77. The molecule has 3 aliphatic heterocycles. The number of carbonyl (C=O) groups is 4. The number of nitrogens with two attached hydrogens (primary N) is 2. The van der Waals surface area contributed by atoms with Crippen molar-refractivity contribution in [1.29, 1.82) is 0 Å². The highest BCUT2D eigenvalue weighted by molar-refractivity contribution is 6.26. The molecule has 1 saturated carbocycles. The molecule has 2 bridgehead atoms. The van der Waals surface area contributed by atoms with Gasteiger partial charge in [-0.05, 0) is 89.2 Å². The van der Waals surface area contributed by atoms with E-state index in [2.05, 4.69) is 42.7 Å². The summed E-state index contributed by atoms with van der Waals surface area (Å²) in [5.74, 6) is -4.08. The van der Waals surface area contributed by atoms with Crippen molar-refractivity contribution in [2.24, 2.45) is 58.3 Å². The van der Waals surface area contributed by atoms with Gasteiger partial charge >= 0.3 is 18.2 Å². The fourth-order valence-corrected chi connectivity index (χ4v) is 13.3. The second-order valence-electron chi connectivity index (χ2n) is 21.8. The summed E-state index contributed by atoms with van der Waals surface area (Å²) >= 11 is 0. The van der Waals surface area contributed by atoms with Gasteiger partial charge in [-0.25, -0.2) is 14.4 Å². The number of ether oxygens (including phenoxy) is 7. The van der Waals surface area contributed by atoms with Crippen LogP contribution in [0.25, 0.3) is 0 Å². The quantitative estimate of drug-likeness (QED) is 0.0792. The molecule has 0 aromatic rings. The van der Waals surface area contributed by atoms with Crippen molar-refractivity contribution >= 4 is 23.9 Å². The average Bonchev–Trinajstić information content (AvgIpc) is 3.50. The normalized spacial score (nSPS) is 45.0. The van der Waals surface area contributed by atoms with Gasteiger partial charge in [-0.15, -0.1) is 0 Å². The third-order valence-corrected chi connectivity index (χ3v) is 16.7. The third-order valence-electron chi connectivity index (χ3n) is 16.7. The Morgan fingerprint density at radius 2 is 1.40 bits per heavy atom. The lowest BCUT2D eigenvalue weighted by molar-refractivity contribution is -0.256. The number of fused-ring (bicyclic) bond motifs is 4. The molecule has 0 aromatic carbocycles. The first kappa shape index (κ1) is 51.7. The van der Waals surface area contributed by atoms with Crippen molar-refractivity contribution in [3.63, 3.8) is 0 Å². The lowest BCUT2D eigenvalue weighted by Gasteiger charge is -2.57. The van der Waals surface area contributed by atoms with E-state index in [4.69, 9.17) is 44.6 Å². The standard InChI is InChI=1S/C51H76N4O13/c1-24-13-16-35(66-36-21-48(8,52)41(29(6)64-36)54-46(60)62-11)25(2)18-32-19-31(23-56)28(5)20-51(32)44(58)38(45(59)68-51)43(57)50(10)34(24)15-14-33-39(50)26(3)17-27(4)40(33)67-37-22-49(9,53)42(30(7)65-37)55-47(61)63-12/h13-15,18-19,26-30,32-37,39-42,56-57H,16-17,20-23,52-53H2,1-12H3,(H,54,60)(H,55,61)/t26-,27-,28+,29+,30-,32+,33-,34-,35-,36-,37-,39+,40-,41-,42-,48-,49-,50+,51-/m0/s1. The summed E-state index contributed by atoms with van der Waals surface area (Å²) in [4.78, 5) is 54.5. The van der Waals surface area contributed by atoms with Crippen LogP contribution in [0.1, 0.15) is 101 Å². The van der Waals surface area contributed by atoms with Crippen LogP contribution in [0.2, 0.25) is 0 Å². The summed E-state index contributed by atoms with van der Waals surface area (Å²) in [5.41, 5.74) is 10.9. The van der Waals surface area contributed by atoms with Gasteiger partial charge in [0.1, 0.15) is 11.3 Å². The Morgan fingerprint density at radius 1 is 0.824 bits per heavy atom. The minimum Gasteiger partial charge on any atom is -0.511 e. The largest absolute Gasteiger partial charge is 0.511 e. The highest BCUT2D eigenvalue weighted by Crippen LogP contribution is 2.61. The van der Waals surface area contributed by atoms with Crippen LogP contribution in [0, 0.1) is 46.8 Å². The highest BCUT2D eigenvalue weighted by Gasteiger charge is 2.64. The topological polar surface area (TPSA) is 249 Å². The van der Waals surface area contributed by atoms with E-state index in [-0.39, 0.29) is 66.8 Å². The van der Waals surface area contributed by atoms with E-state index >= 15 is 4.79 Å². The minimum absolute atomic E-state index is 0.0226. The van der Waals surface area contributed by atoms with Crippen molar-refractivity contribution in [3.05, 3.63) is 58.4 Å². The maximum atomic E-state index is 15.4. The van der Waals surface area contributed by atoms with Gasteiger partial charge in [0.2, 0.25) is 5.78 Å². The molecule has 1 spiro atoms. The first-order chi connectivity index (χ1) is 31.8. The lowest BCUT2D eigenvalue weighted by Crippen LogP contribution is -2.67. The van der Waals surface area contributed by atoms with Crippen LogP contribution in [0.3, 0.4) is 0 Å². The summed E-state index contributed by atoms with van der Waals surface area (Å²) in [5, 5.41) is 29.2. The van der Waals surface area contributed by atoms with E-state index < -0.39 is 107 Å². The van der Waals surface area contributed by atoms with Gasteiger partial charge in [0.05, 0.1) is 57.3 Å². The molecular formula is C51H76N4O13. The van der Waals surface area contributed by atoms with Gasteiger partial charge < -0.3 is 65.5 Å². The molecule has 3 saturated heterocycles. The summed E-state index contributed by atoms with van der Waals surface area (Å²) < 4.78 is 42.7. The van der Waals surface area contributed by atoms with E-state index in [1.807, 2.05) is 67.5 Å². The van der Waals surface area contributed by atoms with Gasteiger partial charge in [0.25, 0.3) is 0 Å². The molecular weight excluding hydrogens is 877 g/mol. The number of carbonyl (C=O) groups excluding carboxylic acids is 4. The number of aliphatic hydroxyl groups excluding tert-OH is 2. The number of aliphatic hydroxyl groups is 2. The second kappa shape index (κ2) is 19.2. The Bertz CT molecular complexity index is 2150. The monoisotopic (exact) mass is 953 g/mol. The van der Waals surface area contributed by atoms with E-state index in [0.29, 0.717) is 18.4 Å². The predicted molar refractivity (Wildman–Crippen MR) is 250 cm³/mol. The van der Waals surface area contributed by atoms with Crippen molar-refractivity contribution in [2.75, 3.05) is 20.8 Å². The zero-order chi connectivity index (χ0) is 50.0. The fourth-order valence-electron chi connectivity index (χ4n) is 13.3. The number of ketones is 1. The first-order valence-electron chi connectivity index (χ1n) is 24.3. The number of alkyl carbamates (subject to hydrolysis) is 2. The van der Waals surface area contributed by atoms with Crippen LogP contribution in [0.15, 0.2) is 58.4 Å². The molecule has 3 heterocycles. The molecule has 17 nitrogen and oxygen atoms in total. The van der Waals surface area contributed by atoms with Gasteiger partial charge in [-0.3, -0.25) is 4.79 Å². The van der Waals surface area contributed by atoms with E-state index in [1.165, 1.54) is 14.2 Å². The number of Topliss-reactive ketones (excluding diaryl/α,β-unsaturated/α-hetero) is 1. The summed E-state index contributed by atoms with van der Waals surface area (Å²) in [6, 6.07) is -1.12. The lowest BCUT2D eigenvalue weighted by atomic mass is 9.49. The Balaban J connectivity index is 1.31. The molecule has 7 aliphatic rings. The van der Waals surface area contributed by atoms with Crippen molar-refractivity contribution in [2.45, 2.75) is 167 Å². The molecule has 7 rings (SSSR count).